The van der Waals surface area contributed by atoms with Crippen LogP contribution in [0.25, 0.3) is 0 Å². The molecular weight excluding hydrogens is 154 g/mol. The lowest BCUT2D eigenvalue weighted by atomic mass is 9.93. The van der Waals surface area contributed by atoms with E-state index in [-0.39, 0.29) is 0 Å². The summed E-state index contributed by atoms with van der Waals surface area (Å²) in [7, 11) is 0. The zero-order valence-corrected chi connectivity index (χ0v) is 8.25. The topological polar surface area (TPSA) is 12.0 Å². The highest BCUT2D eigenvalue weighted by atomic mass is 32.2. The van der Waals surface area contributed by atoms with Gasteiger partial charge < -0.3 is 5.32 Å². The Hall–Kier alpha value is 0.310. The summed E-state index contributed by atoms with van der Waals surface area (Å²) in [5.41, 5.74) is 0. The highest BCUT2D eigenvalue weighted by Gasteiger charge is 2.15. The minimum Gasteiger partial charge on any atom is -0.314 e. The zero-order valence-electron chi connectivity index (χ0n) is 7.44. The average molecular weight is 173 g/mol. The van der Waals surface area contributed by atoms with Gasteiger partial charge in [-0.1, -0.05) is 6.42 Å². The molecular formula is C9H19NS. The first-order valence-electron chi connectivity index (χ1n) is 4.66. The van der Waals surface area contributed by atoms with E-state index in [1.54, 1.807) is 0 Å². The molecule has 0 aromatic heterocycles. The minimum absolute atomic E-state index is 0.879. The molecule has 0 radical (unpaired) electrons. The third-order valence-corrected chi connectivity index (χ3v) is 3.01. The Kier molecular flexibility index (Phi) is 5.04. The van der Waals surface area contributed by atoms with Crippen LogP contribution in [0.3, 0.4) is 0 Å². The number of rotatable bonds is 6. The molecule has 0 heterocycles. The average Bonchev–Trinajstić information content (AvgIpc) is 1.93. The van der Waals surface area contributed by atoms with Crippen molar-refractivity contribution in [3.63, 3.8) is 0 Å². The van der Waals surface area contributed by atoms with Gasteiger partial charge in [0.05, 0.1) is 0 Å². The van der Waals surface area contributed by atoms with Crippen molar-refractivity contribution in [3.05, 3.63) is 0 Å². The second kappa shape index (κ2) is 5.90. The second-order valence-electron chi connectivity index (χ2n) is 3.28. The van der Waals surface area contributed by atoms with Crippen molar-refractivity contribution in [3.8, 4) is 0 Å². The number of unbranched alkanes of at least 4 members (excludes halogenated alkanes) is 1. The molecule has 0 aromatic carbocycles. The van der Waals surface area contributed by atoms with Crippen LogP contribution in [0.5, 0.6) is 0 Å². The van der Waals surface area contributed by atoms with E-state index in [1.165, 1.54) is 44.4 Å². The van der Waals surface area contributed by atoms with Crippen LogP contribution < -0.4 is 5.32 Å². The largest absolute Gasteiger partial charge is 0.314 e. The molecule has 1 fully saturated rings. The monoisotopic (exact) mass is 173 g/mol. The summed E-state index contributed by atoms with van der Waals surface area (Å²) in [6.07, 6.45) is 9.20. The molecule has 0 spiro atoms. The van der Waals surface area contributed by atoms with Gasteiger partial charge >= 0.3 is 0 Å². The lowest BCUT2D eigenvalue weighted by Gasteiger charge is -2.26. The van der Waals surface area contributed by atoms with Crippen molar-refractivity contribution in [2.45, 2.75) is 38.1 Å². The molecule has 11 heavy (non-hydrogen) atoms. The summed E-state index contributed by atoms with van der Waals surface area (Å²) < 4.78 is 0. The maximum atomic E-state index is 3.57. The van der Waals surface area contributed by atoms with Crippen LogP contribution in [0.2, 0.25) is 0 Å². The molecule has 2 heteroatoms. The summed E-state index contributed by atoms with van der Waals surface area (Å²) in [6, 6.07) is 0.879. The van der Waals surface area contributed by atoms with E-state index in [0.717, 1.165) is 6.04 Å². The Bertz CT molecular complexity index is 91.6. The van der Waals surface area contributed by atoms with Crippen LogP contribution >= 0.6 is 11.8 Å². The Balaban J connectivity index is 1.73. The summed E-state index contributed by atoms with van der Waals surface area (Å²) in [4.78, 5) is 0. The Morgan fingerprint density at radius 2 is 2.18 bits per heavy atom. The van der Waals surface area contributed by atoms with Crippen LogP contribution in [0, 0.1) is 0 Å². The lowest BCUT2D eigenvalue weighted by Crippen LogP contribution is -2.35. The molecule has 1 nitrogen and oxygen atoms in total. The van der Waals surface area contributed by atoms with Gasteiger partial charge in [0.1, 0.15) is 0 Å². The predicted molar refractivity (Wildman–Crippen MR) is 53.3 cm³/mol. The van der Waals surface area contributed by atoms with Crippen molar-refractivity contribution in [2.24, 2.45) is 0 Å². The van der Waals surface area contributed by atoms with Crippen LogP contribution in [0.15, 0.2) is 0 Å². The van der Waals surface area contributed by atoms with Gasteiger partial charge in [0, 0.05) is 6.04 Å². The van der Waals surface area contributed by atoms with E-state index in [9.17, 15) is 0 Å². The number of nitrogens with one attached hydrogen (secondary N) is 1. The summed E-state index contributed by atoms with van der Waals surface area (Å²) in [5, 5.41) is 3.57. The van der Waals surface area contributed by atoms with E-state index < -0.39 is 0 Å². The van der Waals surface area contributed by atoms with Crippen molar-refractivity contribution in [1.29, 1.82) is 0 Å². The maximum absolute atomic E-state index is 3.57. The highest BCUT2D eigenvalue weighted by Crippen LogP contribution is 2.17. The lowest BCUT2D eigenvalue weighted by molar-refractivity contribution is 0.338. The van der Waals surface area contributed by atoms with Crippen LogP contribution in [0.1, 0.15) is 32.1 Å². The van der Waals surface area contributed by atoms with Gasteiger partial charge in [-0.25, -0.2) is 0 Å². The molecule has 1 aliphatic carbocycles. The fourth-order valence-electron chi connectivity index (χ4n) is 1.29. The first-order chi connectivity index (χ1) is 5.43. The summed E-state index contributed by atoms with van der Waals surface area (Å²) in [6.45, 7) is 1.24. The van der Waals surface area contributed by atoms with E-state index in [2.05, 4.69) is 11.6 Å². The predicted octanol–water partition coefficient (Wildman–Crippen LogP) is 2.27. The van der Waals surface area contributed by atoms with Crippen LogP contribution in [-0.2, 0) is 0 Å². The first kappa shape index (κ1) is 9.40. The normalized spacial score (nSPS) is 18.3. The van der Waals surface area contributed by atoms with E-state index in [1.807, 2.05) is 11.8 Å². The van der Waals surface area contributed by atoms with Gasteiger partial charge in [0.2, 0.25) is 0 Å². The van der Waals surface area contributed by atoms with Gasteiger partial charge in [-0.15, -0.1) is 0 Å². The standard InChI is InChI=1S/C9H19NS/c1-11-8-3-2-7-10-9-5-4-6-9/h9-10H,2-8H2,1H3. The van der Waals surface area contributed by atoms with Crippen molar-refractivity contribution >= 4 is 11.8 Å². The second-order valence-corrected chi connectivity index (χ2v) is 4.27. The number of hydrogen-bond acceptors (Lipinski definition) is 2. The summed E-state index contributed by atoms with van der Waals surface area (Å²) in [5.74, 6) is 1.33. The van der Waals surface area contributed by atoms with Gasteiger partial charge in [-0.2, -0.15) is 11.8 Å². The Morgan fingerprint density at radius 1 is 1.36 bits per heavy atom. The fourth-order valence-corrected chi connectivity index (χ4v) is 1.78. The van der Waals surface area contributed by atoms with Crippen molar-refractivity contribution < 1.29 is 0 Å². The molecule has 0 unspecified atom stereocenters. The van der Waals surface area contributed by atoms with E-state index in [0.29, 0.717) is 0 Å². The SMILES string of the molecule is CSCCCCNC1CCC1. The summed E-state index contributed by atoms with van der Waals surface area (Å²) >= 11 is 1.95. The quantitative estimate of drug-likeness (QED) is 0.618. The molecule has 0 saturated heterocycles. The van der Waals surface area contributed by atoms with Gasteiger partial charge in [-0.3, -0.25) is 0 Å². The first-order valence-corrected chi connectivity index (χ1v) is 6.05. The minimum atomic E-state index is 0.879. The molecule has 0 atom stereocenters. The van der Waals surface area contributed by atoms with Crippen molar-refractivity contribution in [2.75, 3.05) is 18.6 Å². The molecule has 1 N–H and O–H groups in total. The van der Waals surface area contributed by atoms with E-state index >= 15 is 0 Å². The Labute approximate surface area is 74.3 Å². The molecule has 0 bridgehead atoms. The van der Waals surface area contributed by atoms with Crippen molar-refractivity contribution in [1.82, 2.24) is 5.32 Å². The third-order valence-electron chi connectivity index (χ3n) is 2.31. The number of hydrogen-bond donors (Lipinski definition) is 1. The van der Waals surface area contributed by atoms with Gasteiger partial charge in [0.25, 0.3) is 0 Å². The molecule has 1 saturated carbocycles. The Morgan fingerprint density at radius 3 is 2.73 bits per heavy atom. The smallest absolute Gasteiger partial charge is 0.00670 e. The van der Waals surface area contributed by atoms with Gasteiger partial charge in [-0.05, 0) is 44.2 Å². The van der Waals surface area contributed by atoms with Gasteiger partial charge in [0.15, 0.2) is 0 Å². The molecule has 66 valence electrons. The zero-order chi connectivity index (χ0) is 7.94. The van der Waals surface area contributed by atoms with Crippen LogP contribution in [0.4, 0.5) is 0 Å². The highest BCUT2D eigenvalue weighted by molar-refractivity contribution is 7.98. The molecule has 1 aliphatic rings. The van der Waals surface area contributed by atoms with E-state index in [4.69, 9.17) is 0 Å². The molecule has 1 rings (SSSR count). The maximum Gasteiger partial charge on any atom is 0.00670 e. The number of thioether (sulfide) groups is 1. The molecule has 0 aromatic rings. The fraction of sp³-hybridized carbons (Fsp3) is 1.00. The molecule has 0 amide bonds. The van der Waals surface area contributed by atoms with Crippen LogP contribution in [-0.4, -0.2) is 24.6 Å². The molecule has 0 aliphatic heterocycles. The third kappa shape index (κ3) is 4.02.